The van der Waals surface area contributed by atoms with Gasteiger partial charge in [0, 0.05) is 37.7 Å². The molecule has 0 unspecified atom stereocenters. The Morgan fingerprint density at radius 3 is 1.55 bits per heavy atom. The zero-order chi connectivity index (χ0) is 38.0. The molecule has 0 atom stereocenters. The second kappa shape index (κ2) is 13.5. The maximum absolute atomic E-state index is 5.23. The third kappa shape index (κ3) is 5.44. The number of hydrogen-bond donors (Lipinski definition) is 0. The van der Waals surface area contributed by atoms with Crippen LogP contribution < -0.4 is 0 Å². The molecular formula is C51H40N4S. The molecule has 1 aliphatic heterocycles. The van der Waals surface area contributed by atoms with Crippen molar-refractivity contribution in [2.75, 3.05) is 0 Å². The highest BCUT2D eigenvalue weighted by molar-refractivity contribution is 7.99. The summed E-state index contributed by atoms with van der Waals surface area (Å²) in [6.45, 7) is 8.82. The van der Waals surface area contributed by atoms with E-state index in [0.717, 1.165) is 39.2 Å². The molecule has 0 fully saturated rings. The predicted octanol–water partition coefficient (Wildman–Crippen LogP) is 13.0. The fraction of sp³-hybridized carbons (Fsp3) is 0.137. The minimum atomic E-state index is -0.481. The lowest BCUT2D eigenvalue weighted by Crippen LogP contribution is -2.32. The number of pyridine rings is 1. The number of hydrogen-bond acceptors (Lipinski definition) is 5. The molecule has 0 radical (unpaired) electrons. The molecule has 0 saturated carbocycles. The van der Waals surface area contributed by atoms with E-state index in [9.17, 15) is 0 Å². The van der Waals surface area contributed by atoms with Crippen molar-refractivity contribution in [3.05, 3.63) is 191 Å². The van der Waals surface area contributed by atoms with Crippen LogP contribution in [0, 0.1) is 0 Å². The van der Waals surface area contributed by atoms with E-state index in [1.54, 1.807) is 0 Å². The summed E-state index contributed by atoms with van der Waals surface area (Å²) < 4.78 is 0. The maximum Gasteiger partial charge on any atom is 0.164 e. The molecule has 1 spiro atoms. The minimum Gasteiger partial charge on any atom is -0.257 e. The van der Waals surface area contributed by atoms with Crippen molar-refractivity contribution < 1.29 is 0 Å². The van der Waals surface area contributed by atoms with Crippen molar-refractivity contribution in [2.24, 2.45) is 0 Å². The molecular weight excluding hydrogens is 701 g/mol. The van der Waals surface area contributed by atoms with E-state index >= 15 is 0 Å². The van der Waals surface area contributed by atoms with Gasteiger partial charge >= 0.3 is 0 Å². The lowest BCUT2D eigenvalue weighted by molar-refractivity contribution is 0.722. The summed E-state index contributed by atoms with van der Waals surface area (Å²) in [5.74, 6) is 2.61. The van der Waals surface area contributed by atoms with Gasteiger partial charge in [0.1, 0.15) is 0 Å². The zero-order valence-electron chi connectivity index (χ0n) is 31.9. The number of nitrogens with zero attached hydrogens (tertiary/aromatic N) is 4. The topological polar surface area (TPSA) is 51.6 Å². The normalized spacial score (nSPS) is 13.4. The summed E-state index contributed by atoms with van der Waals surface area (Å²) >= 11 is 1.84. The van der Waals surface area contributed by atoms with E-state index in [0.29, 0.717) is 29.3 Å². The third-order valence-corrected chi connectivity index (χ3v) is 12.5. The Balaban J connectivity index is 1.14. The molecule has 0 N–H and O–H groups in total. The van der Waals surface area contributed by atoms with Gasteiger partial charge in [0.15, 0.2) is 17.5 Å². The van der Waals surface area contributed by atoms with Crippen LogP contribution in [-0.4, -0.2) is 19.9 Å². The summed E-state index contributed by atoms with van der Waals surface area (Å²) in [6, 6.07) is 56.7. The van der Waals surface area contributed by atoms with Gasteiger partial charge in [-0.2, -0.15) is 0 Å². The highest BCUT2D eigenvalue weighted by atomic mass is 32.2. The zero-order valence-corrected chi connectivity index (χ0v) is 32.7. The van der Waals surface area contributed by atoms with Gasteiger partial charge in [-0.05, 0) is 75.0 Å². The van der Waals surface area contributed by atoms with Crippen LogP contribution in [0.2, 0.25) is 0 Å². The van der Waals surface area contributed by atoms with Crippen LogP contribution in [0.25, 0.3) is 56.4 Å². The van der Waals surface area contributed by atoms with Crippen LogP contribution in [0.3, 0.4) is 0 Å². The van der Waals surface area contributed by atoms with E-state index in [2.05, 4.69) is 167 Å². The van der Waals surface area contributed by atoms with Gasteiger partial charge in [-0.1, -0.05) is 173 Å². The van der Waals surface area contributed by atoms with Gasteiger partial charge in [0.2, 0.25) is 0 Å². The van der Waals surface area contributed by atoms with Gasteiger partial charge in [0.25, 0.3) is 0 Å². The fourth-order valence-electron chi connectivity index (χ4n) is 8.64. The lowest BCUT2D eigenvalue weighted by Gasteiger charge is -2.39. The molecule has 5 heteroatoms. The summed E-state index contributed by atoms with van der Waals surface area (Å²) in [7, 11) is 0. The van der Waals surface area contributed by atoms with Crippen molar-refractivity contribution in [2.45, 2.75) is 54.7 Å². The van der Waals surface area contributed by atoms with Gasteiger partial charge in [-0.25, -0.2) is 15.0 Å². The van der Waals surface area contributed by atoms with Gasteiger partial charge in [-0.15, -0.1) is 0 Å². The molecule has 10 rings (SSSR count). The average molecular weight is 741 g/mol. The first-order valence-corrected chi connectivity index (χ1v) is 20.3. The van der Waals surface area contributed by atoms with Gasteiger partial charge in [0.05, 0.1) is 11.1 Å². The summed E-state index contributed by atoms with van der Waals surface area (Å²) in [4.78, 5) is 23.1. The average Bonchev–Trinajstić information content (AvgIpc) is 3.54. The van der Waals surface area contributed by atoms with E-state index in [1.807, 2.05) is 30.0 Å². The molecule has 270 valence electrons. The molecule has 56 heavy (non-hydrogen) atoms. The Bertz CT molecular complexity index is 2740. The molecule has 8 aromatic rings. The fourth-order valence-corrected chi connectivity index (χ4v) is 9.81. The van der Waals surface area contributed by atoms with Crippen LogP contribution in [0.5, 0.6) is 0 Å². The molecule has 0 amide bonds. The Morgan fingerprint density at radius 1 is 0.393 bits per heavy atom. The Labute approximate surface area is 332 Å². The molecule has 1 aliphatic carbocycles. The monoisotopic (exact) mass is 740 g/mol. The minimum absolute atomic E-state index is 0.303. The quantitative estimate of drug-likeness (QED) is 0.170. The maximum atomic E-state index is 5.23. The number of fused-ring (bicyclic) bond motifs is 9. The highest BCUT2D eigenvalue weighted by Crippen LogP contribution is 2.62. The van der Waals surface area contributed by atoms with Crippen molar-refractivity contribution in [3.8, 4) is 56.4 Å². The van der Waals surface area contributed by atoms with E-state index in [4.69, 9.17) is 19.9 Å². The van der Waals surface area contributed by atoms with Crippen LogP contribution in [0.1, 0.15) is 73.2 Å². The number of rotatable bonds is 6. The standard InChI is InChI=1S/C51H40N4S/c1-31(2)44-28-27-37(47(52-44)32(3)4)33-22-24-35(25-23-33)49-53-48(34-14-6-5-7-15-34)54-50(55-49)36-26-29-46-43(30-36)51(42-20-12-13-21-45(42)56-46)40-18-10-8-16-38(40)39-17-9-11-19-41(39)51/h5-32H,1-4H3. The SMILES string of the molecule is CC(C)c1ccc(-c2ccc(-c3nc(-c4ccccc4)nc(-c4ccc5c(c4)C4(c6ccccc6S5)c5ccccc5-c5ccccc54)n3)cc2)c(C(C)C)n1. The first-order valence-electron chi connectivity index (χ1n) is 19.4. The van der Waals surface area contributed by atoms with Crippen molar-refractivity contribution in [1.82, 2.24) is 19.9 Å². The van der Waals surface area contributed by atoms with Crippen LogP contribution >= 0.6 is 11.8 Å². The summed E-state index contributed by atoms with van der Waals surface area (Å²) in [5.41, 5.74) is 14.6. The second-order valence-corrected chi connectivity index (χ2v) is 16.5. The summed E-state index contributed by atoms with van der Waals surface area (Å²) in [6.07, 6.45) is 0. The number of benzene rings is 6. The largest absolute Gasteiger partial charge is 0.257 e. The van der Waals surface area contributed by atoms with Crippen LogP contribution in [0.4, 0.5) is 0 Å². The lowest BCUT2D eigenvalue weighted by atomic mass is 9.67. The van der Waals surface area contributed by atoms with Crippen molar-refractivity contribution in [3.63, 3.8) is 0 Å². The number of aromatic nitrogens is 4. The Morgan fingerprint density at radius 2 is 0.911 bits per heavy atom. The molecule has 3 heterocycles. The van der Waals surface area contributed by atoms with Crippen LogP contribution in [0.15, 0.2) is 168 Å². The highest BCUT2D eigenvalue weighted by Gasteiger charge is 2.50. The molecule has 0 saturated heterocycles. The second-order valence-electron chi connectivity index (χ2n) is 15.4. The Kier molecular flexibility index (Phi) is 8.30. The molecule has 2 aliphatic rings. The Hall–Kier alpha value is -6.17. The van der Waals surface area contributed by atoms with E-state index < -0.39 is 5.41 Å². The van der Waals surface area contributed by atoms with E-state index in [1.165, 1.54) is 43.2 Å². The first kappa shape index (κ1) is 34.3. The van der Waals surface area contributed by atoms with Gasteiger partial charge < -0.3 is 0 Å². The van der Waals surface area contributed by atoms with Crippen molar-refractivity contribution >= 4 is 11.8 Å². The third-order valence-electron chi connectivity index (χ3n) is 11.3. The van der Waals surface area contributed by atoms with Gasteiger partial charge in [-0.3, -0.25) is 4.98 Å². The molecule has 4 nitrogen and oxygen atoms in total. The predicted molar refractivity (Wildman–Crippen MR) is 229 cm³/mol. The summed E-state index contributed by atoms with van der Waals surface area (Å²) in [5, 5.41) is 0. The molecule has 2 aromatic heterocycles. The molecule has 0 bridgehead atoms. The first-order chi connectivity index (χ1) is 27.4. The smallest absolute Gasteiger partial charge is 0.164 e. The van der Waals surface area contributed by atoms with Crippen LogP contribution in [-0.2, 0) is 5.41 Å². The molecule has 6 aromatic carbocycles. The van der Waals surface area contributed by atoms with Crippen molar-refractivity contribution in [1.29, 1.82) is 0 Å². The van der Waals surface area contributed by atoms with E-state index in [-0.39, 0.29) is 0 Å².